The van der Waals surface area contributed by atoms with Crippen LogP contribution in [0.2, 0.25) is 0 Å². The van der Waals surface area contributed by atoms with Crippen LogP contribution in [0.15, 0.2) is 0 Å². The molecule has 0 fully saturated rings. The summed E-state index contributed by atoms with van der Waals surface area (Å²) < 4.78 is 5.38. The number of carboxylic acid groups (broad SMARTS) is 1. The third kappa shape index (κ3) is 11.8. The van der Waals surface area contributed by atoms with Gasteiger partial charge in [0.25, 0.3) is 0 Å². The Morgan fingerprint density at radius 3 is 2.45 bits per heavy atom. The fraction of sp³-hybridized carbons (Fsp3) is 0.857. The van der Waals surface area contributed by atoms with Crippen LogP contribution in [0.4, 0.5) is 4.79 Å². The Hall–Kier alpha value is -1.30. The summed E-state index contributed by atoms with van der Waals surface area (Å²) in [5.74, 6) is -0.250. The summed E-state index contributed by atoms with van der Waals surface area (Å²) in [6.07, 6.45) is 1.43. The van der Waals surface area contributed by atoms with Crippen molar-refractivity contribution in [2.45, 2.75) is 52.5 Å². The van der Waals surface area contributed by atoms with Crippen LogP contribution in [0.1, 0.15) is 47.0 Å². The number of hydrogen-bond acceptors (Lipinski definition) is 3. The van der Waals surface area contributed by atoms with E-state index in [0.717, 1.165) is 6.42 Å². The van der Waals surface area contributed by atoms with E-state index in [1.165, 1.54) is 0 Å². The average molecular weight is 288 g/mol. The Morgan fingerprint density at radius 2 is 1.90 bits per heavy atom. The Morgan fingerprint density at radius 1 is 1.25 bits per heavy atom. The summed E-state index contributed by atoms with van der Waals surface area (Å²) in [5.41, 5.74) is -0.541. The van der Waals surface area contributed by atoms with Gasteiger partial charge in [-0.1, -0.05) is 13.8 Å². The lowest BCUT2D eigenvalue weighted by molar-refractivity contribution is -0.137. The molecule has 0 heterocycles. The molecule has 0 saturated carbocycles. The largest absolute Gasteiger partial charge is 0.481 e. The fourth-order valence-corrected chi connectivity index (χ4v) is 1.49. The second kappa shape index (κ2) is 9.58. The van der Waals surface area contributed by atoms with Gasteiger partial charge in [0.1, 0.15) is 0 Å². The Bertz CT molecular complexity index is 304. The van der Waals surface area contributed by atoms with E-state index in [1.54, 1.807) is 13.8 Å². The van der Waals surface area contributed by atoms with Crippen molar-refractivity contribution in [3.63, 3.8) is 0 Å². The van der Waals surface area contributed by atoms with E-state index in [2.05, 4.69) is 24.5 Å². The quantitative estimate of drug-likeness (QED) is 0.536. The number of aliphatic carboxylic acids is 1. The van der Waals surface area contributed by atoms with Gasteiger partial charge in [-0.2, -0.15) is 0 Å². The maximum absolute atomic E-state index is 11.6. The number of rotatable bonds is 10. The maximum Gasteiger partial charge on any atom is 0.315 e. The molecule has 0 aliphatic carbocycles. The Labute approximate surface area is 121 Å². The van der Waals surface area contributed by atoms with Crippen molar-refractivity contribution in [3.8, 4) is 0 Å². The molecule has 6 heteroatoms. The summed E-state index contributed by atoms with van der Waals surface area (Å²) in [4.78, 5) is 22.1. The summed E-state index contributed by atoms with van der Waals surface area (Å²) in [6, 6.07) is -0.298. The van der Waals surface area contributed by atoms with E-state index in [4.69, 9.17) is 9.84 Å². The third-order valence-electron chi connectivity index (χ3n) is 2.79. The second-order valence-electron chi connectivity index (χ2n) is 5.95. The van der Waals surface area contributed by atoms with E-state index < -0.39 is 11.5 Å². The predicted molar refractivity (Wildman–Crippen MR) is 77.8 cm³/mol. The first-order valence-corrected chi connectivity index (χ1v) is 7.08. The van der Waals surface area contributed by atoms with Crippen molar-refractivity contribution < 1.29 is 19.4 Å². The monoisotopic (exact) mass is 288 g/mol. The van der Waals surface area contributed by atoms with Crippen LogP contribution >= 0.6 is 0 Å². The van der Waals surface area contributed by atoms with Crippen molar-refractivity contribution in [2.24, 2.45) is 5.92 Å². The molecule has 0 atom stereocenters. The molecule has 0 aromatic carbocycles. The molecule has 0 rings (SSSR count). The van der Waals surface area contributed by atoms with Crippen LogP contribution in [-0.4, -0.2) is 42.4 Å². The zero-order valence-electron chi connectivity index (χ0n) is 13.0. The van der Waals surface area contributed by atoms with E-state index in [-0.39, 0.29) is 12.5 Å². The summed E-state index contributed by atoms with van der Waals surface area (Å²) >= 11 is 0. The van der Waals surface area contributed by atoms with Crippen LogP contribution in [0.25, 0.3) is 0 Å². The Balaban J connectivity index is 3.69. The SMILES string of the molecule is CC(C)CCOCCNC(=O)NC(C)(C)CCC(=O)O. The second-order valence-corrected chi connectivity index (χ2v) is 5.95. The first-order valence-electron chi connectivity index (χ1n) is 7.08. The van der Waals surface area contributed by atoms with Gasteiger partial charge in [0.05, 0.1) is 6.61 Å². The third-order valence-corrected chi connectivity index (χ3v) is 2.79. The molecule has 0 radical (unpaired) electrons. The molecular weight excluding hydrogens is 260 g/mol. The number of carbonyl (C=O) groups is 2. The highest BCUT2D eigenvalue weighted by atomic mass is 16.5. The molecule has 0 saturated heterocycles. The molecule has 0 bridgehead atoms. The van der Waals surface area contributed by atoms with Gasteiger partial charge in [-0.3, -0.25) is 4.79 Å². The lowest BCUT2D eigenvalue weighted by Crippen LogP contribution is -2.49. The molecule has 118 valence electrons. The molecule has 6 nitrogen and oxygen atoms in total. The zero-order valence-corrected chi connectivity index (χ0v) is 13.0. The van der Waals surface area contributed by atoms with Crippen molar-refractivity contribution >= 4 is 12.0 Å². The van der Waals surface area contributed by atoms with E-state index in [9.17, 15) is 9.59 Å². The van der Waals surface area contributed by atoms with Crippen molar-refractivity contribution in [3.05, 3.63) is 0 Å². The standard InChI is InChI=1S/C14H28N2O4/c1-11(2)6-9-20-10-8-15-13(19)16-14(3,4)7-5-12(17)18/h11H,5-10H2,1-4H3,(H,17,18)(H2,15,16,19). The highest BCUT2D eigenvalue weighted by Gasteiger charge is 2.21. The number of nitrogens with one attached hydrogen (secondary N) is 2. The lowest BCUT2D eigenvalue weighted by Gasteiger charge is -2.25. The molecule has 0 aliphatic rings. The Kier molecular flexibility index (Phi) is 8.96. The van der Waals surface area contributed by atoms with Gasteiger partial charge >= 0.3 is 12.0 Å². The molecule has 0 aromatic heterocycles. The van der Waals surface area contributed by atoms with Crippen molar-refractivity contribution in [2.75, 3.05) is 19.8 Å². The highest BCUT2D eigenvalue weighted by molar-refractivity contribution is 5.74. The first-order chi connectivity index (χ1) is 9.23. The van der Waals surface area contributed by atoms with Gasteiger partial charge in [-0.05, 0) is 32.6 Å². The molecule has 0 spiro atoms. The van der Waals surface area contributed by atoms with Gasteiger partial charge in [-0.15, -0.1) is 0 Å². The molecular formula is C14H28N2O4. The van der Waals surface area contributed by atoms with Crippen LogP contribution in [0, 0.1) is 5.92 Å². The number of urea groups is 1. The first kappa shape index (κ1) is 18.7. The van der Waals surface area contributed by atoms with Gasteiger partial charge < -0.3 is 20.5 Å². The zero-order chi connectivity index (χ0) is 15.6. The normalized spacial score (nSPS) is 11.4. The minimum Gasteiger partial charge on any atom is -0.481 e. The molecule has 2 amide bonds. The molecule has 20 heavy (non-hydrogen) atoms. The van der Waals surface area contributed by atoms with Crippen LogP contribution in [0.3, 0.4) is 0 Å². The topological polar surface area (TPSA) is 87.7 Å². The van der Waals surface area contributed by atoms with Crippen molar-refractivity contribution in [1.29, 1.82) is 0 Å². The number of ether oxygens (including phenoxy) is 1. The number of carbonyl (C=O) groups excluding carboxylic acids is 1. The van der Waals surface area contributed by atoms with E-state index in [1.807, 2.05) is 0 Å². The van der Waals surface area contributed by atoms with Gasteiger partial charge in [-0.25, -0.2) is 4.79 Å². The van der Waals surface area contributed by atoms with Crippen LogP contribution in [0.5, 0.6) is 0 Å². The predicted octanol–water partition coefficient (Wildman–Crippen LogP) is 1.99. The maximum atomic E-state index is 11.6. The van der Waals surface area contributed by atoms with E-state index in [0.29, 0.717) is 32.1 Å². The van der Waals surface area contributed by atoms with Gasteiger partial charge in [0.15, 0.2) is 0 Å². The minimum atomic E-state index is -0.862. The highest BCUT2D eigenvalue weighted by Crippen LogP contribution is 2.10. The minimum absolute atomic E-state index is 0.0333. The summed E-state index contributed by atoms with van der Waals surface area (Å²) in [7, 11) is 0. The molecule has 0 aliphatic heterocycles. The molecule has 3 N–H and O–H groups in total. The van der Waals surface area contributed by atoms with Crippen LogP contribution < -0.4 is 10.6 Å². The van der Waals surface area contributed by atoms with Crippen LogP contribution in [-0.2, 0) is 9.53 Å². The number of hydrogen-bond donors (Lipinski definition) is 3. The number of amides is 2. The summed E-state index contributed by atoms with van der Waals surface area (Å²) in [6.45, 7) is 9.49. The van der Waals surface area contributed by atoms with Gasteiger partial charge in [0, 0.05) is 25.1 Å². The fourth-order valence-electron chi connectivity index (χ4n) is 1.49. The molecule has 0 unspecified atom stereocenters. The molecule has 0 aromatic rings. The average Bonchev–Trinajstić information content (AvgIpc) is 2.30. The summed E-state index contributed by atoms with van der Waals surface area (Å²) in [5, 5.41) is 14.1. The van der Waals surface area contributed by atoms with Crippen molar-refractivity contribution in [1.82, 2.24) is 10.6 Å². The van der Waals surface area contributed by atoms with Gasteiger partial charge in [0.2, 0.25) is 0 Å². The lowest BCUT2D eigenvalue weighted by atomic mass is 9.99. The number of carboxylic acids is 1. The smallest absolute Gasteiger partial charge is 0.315 e. The van der Waals surface area contributed by atoms with E-state index >= 15 is 0 Å².